The molecule has 0 bridgehead atoms. The third-order valence-corrected chi connectivity index (χ3v) is 1.90. The third kappa shape index (κ3) is 1.96. The molecule has 0 amide bonds. The third-order valence-electron chi connectivity index (χ3n) is 1.90. The molecule has 0 saturated carbocycles. The van der Waals surface area contributed by atoms with Crippen molar-refractivity contribution in [1.29, 1.82) is 0 Å². The van der Waals surface area contributed by atoms with Crippen molar-refractivity contribution in [2.75, 3.05) is 13.1 Å². The first-order valence-corrected chi connectivity index (χ1v) is 3.70. The second-order valence-electron chi connectivity index (χ2n) is 3.35. The Kier molecular flexibility index (Phi) is 1.60. The lowest BCUT2D eigenvalue weighted by Crippen LogP contribution is -2.42. The summed E-state index contributed by atoms with van der Waals surface area (Å²) in [6.45, 7) is 4.63. The molecule has 3 atom stereocenters. The Bertz CT molecular complexity index is 158. The second-order valence-corrected chi connectivity index (χ2v) is 3.35. The summed E-state index contributed by atoms with van der Waals surface area (Å²) in [6.07, 6.45) is -0.874. The molecule has 1 aliphatic heterocycles. The van der Waals surface area contributed by atoms with E-state index < -0.39 is 18.4 Å². The lowest BCUT2D eigenvalue weighted by atomic mass is 9.85. The fraction of sp³-hybridized carbons (Fsp3) is 1.00. The van der Waals surface area contributed by atoms with Gasteiger partial charge in [-0.3, -0.25) is 0 Å². The Morgan fingerprint density at radius 1 is 1.70 bits per heavy atom. The molecule has 1 saturated heterocycles. The molecule has 2 N–H and O–H groups in total. The van der Waals surface area contributed by atoms with E-state index in [2.05, 4.69) is 5.32 Å². The van der Waals surface area contributed by atoms with Crippen molar-refractivity contribution >= 4 is 0 Å². The van der Waals surface area contributed by atoms with Crippen LogP contribution in [0, 0.1) is 5.92 Å². The van der Waals surface area contributed by atoms with Crippen LogP contribution in [0.3, 0.4) is 0 Å². The standard InChI is InChI=1S/C8H17NO/c1-8(2,10)7-4-3-5-9-6-7/h7,9-10H,3-6H2,1-2H3/t7-/m0/s1/i3D,4D/t3-,4+,7+/m1. The Morgan fingerprint density at radius 2 is 2.40 bits per heavy atom. The minimum atomic E-state index is -0.848. The van der Waals surface area contributed by atoms with Crippen LogP contribution in [0.4, 0.5) is 0 Å². The molecule has 2 nitrogen and oxygen atoms in total. The van der Waals surface area contributed by atoms with E-state index in [0.717, 1.165) is 0 Å². The number of rotatable bonds is 1. The molecule has 0 aromatic carbocycles. The van der Waals surface area contributed by atoms with Crippen molar-refractivity contribution < 1.29 is 7.85 Å². The Morgan fingerprint density at radius 3 is 2.90 bits per heavy atom. The zero-order chi connectivity index (χ0) is 9.35. The number of hydrogen-bond donors (Lipinski definition) is 2. The molecule has 0 spiro atoms. The Labute approximate surface area is 65.4 Å². The fourth-order valence-corrected chi connectivity index (χ4v) is 1.11. The van der Waals surface area contributed by atoms with Gasteiger partial charge < -0.3 is 10.4 Å². The summed E-state index contributed by atoms with van der Waals surface area (Å²) in [4.78, 5) is 0. The van der Waals surface area contributed by atoms with Gasteiger partial charge in [0, 0.05) is 9.29 Å². The normalized spacial score (nSPS) is 46.1. The maximum absolute atomic E-state index is 9.69. The minimum Gasteiger partial charge on any atom is -0.390 e. The molecule has 0 unspecified atom stereocenters. The van der Waals surface area contributed by atoms with Gasteiger partial charge >= 0.3 is 0 Å². The Balaban J connectivity index is 2.64. The van der Waals surface area contributed by atoms with Gasteiger partial charge in [-0.15, -0.1) is 0 Å². The summed E-state index contributed by atoms with van der Waals surface area (Å²) >= 11 is 0. The summed E-state index contributed by atoms with van der Waals surface area (Å²) in [5, 5.41) is 12.7. The molecule has 0 aliphatic carbocycles. The van der Waals surface area contributed by atoms with Gasteiger partial charge in [0.15, 0.2) is 0 Å². The number of nitrogens with one attached hydrogen (secondary N) is 1. The van der Waals surface area contributed by atoms with Gasteiger partial charge in [-0.05, 0) is 39.1 Å². The van der Waals surface area contributed by atoms with Crippen LogP contribution in [0.1, 0.15) is 29.4 Å². The molecule has 60 valence electrons. The zero-order valence-electron chi connectivity index (χ0n) is 8.59. The SMILES string of the molecule is [2H][C@@H]1[C@H](C(C)(C)O)CNC[C@@H]1[2H]. The summed E-state index contributed by atoms with van der Waals surface area (Å²) in [5.41, 5.74) is -0.848. The van der Waals surface area contributed by atoms with Crippen molar-refractivity contribution in [3.63, 3.8) is 0 Å². The van der Waals surface area contributed by atoms with E-state index in [1.807, 2.05) is 0 Å². The molecule has 0 radical (unpaired) electrons. The highest BCUT2D eigenvalue weighted by Gasteiger charge is 2.27. The predicted molar refractivity (Wildman–Crippen MR) is 41.9 cm³/mol. The first kappa shape index (κ1) is 5.56. The first-order valence-electron chi connectivity index (χ1n) is 4.86. The second kappa shape index (κ2) is 2.89. The van der Waals surface area contributed by atoms with Gasteiger partial charge in [0.1, 0.15) is 0 Å². The molecule has 1 heterocycles. The van der Waals surface area contributed by atoms with Crippen LogP contribution >= 0.6 is 0 Å². The molecule has 0 aromatic heterocycles. The van der Waals surface area contributed by atoms with Crippen LogP contribution < -0.4 is 5.32 Å². The summed E-state index contributed by atoms with van der Waals surface area (Å²) in [5.74, 6) is -0.131. The molecule has 1 fully saturated rings. The first-order chi connectivity index (χ1) is 5.43. The van der Waals surface area contributed by atoms with Crippen LogP contribution in [0.5, 0.6) is 0 Å². The maximum Gasteiger partial charge on any atom is 0.0631 e. The van der Waals surface area contributed by atoms with Crippen molar-refractivity contribution in [1.82, 2.24) is 5.32 Å². The van der Waals surface area contributed by atoms with E-state index in [4.69, 9.17) is 2.74 Å². The van der Waals surface area contributed by atoms with E-state index in [1.165, 1.54) is 0 Å². The van der Waals surface area contributed by atoms with Gasteiger partial charge in [0.25, 0.3) is 0 Å². The fourth-order valence-electron chi connectivity index (χ4n) is 1.11. The number of piperidine rings is 1. The highest BCUT2D eigenvalue weighted by atomic mass is 16.3. The monoisotopic (exact) mass is 145 g/mol. The van der Waals surface area contributed by atoms with Crippen LogP contribution in [0.25, 0.3) is 0 Å². The van der Waals surface area contributed by atoms with E-state index in [9.17, 15) is 5.11 Å². The molecule has 0 aromatic rings. The lowest BCUT2D eigenvalue weighted by Gasteiger charge is -2.32. The van der Waals surface area contributed by atoms with Gasteiger partial charge in [-0.2, -0.15) is 0 Å². The Hall–Kier alpha value is -0.0800. The van der Waals surface area contributed by atoms with Gasteiger partial charge in [0.05, 0.1) is 5.60 Å². The number of aliphatic hydroxyl groups is 1. The summed E-state index contributed by atoms with van der Waals surface area (Å²) < 4.78 is 15.2. The molecular weight excluding hydrogens is 126 g/mol. The van der Waals surface area contributed by atoms with E-state index >= 15 is 0 Å². The highest BCUT2D eigenvalue weighted by Crippen LogP contribution is 2.22. The minimum absolute atomic E-state index is 0.131. The van der Waals surface area contributed by atoms with Crippen molar-refractivity contribution in [3.05, 3.63) is 0 Å². The predicted octanol–water partition coefficient (Wildman–Crippen LogP) is 0.757. The summed E-state index contributed by atoms with van der Waals surface area (Å²) in [6, 6.07) is 0. The van der Waals surface area contributed by atoms with Crippen molar-refractivity contribution in [2.45, 2.75) is 32.2 Å². The van der Waals surface area contributed by atoms with Crippen LogP contribution in [-0.2, 0) is 0 Å². The highest BCUT2D eigenvalue weighted by molar-refractivity contribution is 4.81. The molecule has 10 heavy (non-hydrogen) atoms. The molecular formula is C8H17NO. The van der Waals surface area contributed by atoms with E-state index in [1.54, 1.807) is 13.8 Å². The van der Waals surface area contributed by atoms with Crippen LogP contribution in [0.15, 0.2) is 0 Å². The van der Waals surface area contributed by atoms with Crippen LogP contribution in [0.2, 0.25) is 0 Å². The lowest BCUT2D eigenvalue weighted by molar-refractivity contribution is 0.00686. The zero-order valence-corrected chi connectivity index (χ0v) is 6.59. The van der Waals surface area contributed by atoms with Gasteiger partial charge in [-0.25, -0.2) is 0 Å². The topological polar surface area (TPSA) is 32.3 Å². The average Bonchev–Trinajstić information content (AvgIpc) is 1.92. The summed E-state index contributed by atoms with van der Waals surface area (Å²) in [7, 11) is 0. The number of hydrogen-bond acceptors (Lipinski definition) is 2. The molecule has 2 heteroatoms. The largest absolute Gasteiger partial charge is 0.390 e. The quantitative estimate of drug-likeness (QED) is 0.571. The van der Waals surface area contributed by atoms with Crippen molar-refractivity contribution in [2.24, 2.45) is 5.92 Å². The molecule has 1 aliphatic rings. The van der Waals surface area contributed by atoms with Crippen LogP contribution in [-0.4, -0.2) is 23.8 Å². The maximum atomic E-state index is 9.69. The van der Waals surface area contributed by atoms with E-state index in [0.29, 0.717) is 13.1 Å². The average molecular weight is 145 g/mol. The smallest absolute Gasteiger partial charge is 0.0631 e. The van der Waals surface area contributed by atoms with E-state index in [-0.39, 0.29) is 5.92 Å². The van der Waals surface area contributed by atoms with Gasteiger partial charge in [-0.1, -0.05) is 0 Å². The molecule has 1 rings (SSSR count). The van der Waals surface area contributed by atoms with Gasteiger partial charge in [0.2, 0.25) is 0 Å². The van der Waals surface area contributed by atoms with Crippen molar-refractivity contribution in [3.8, 4) is 0 Å².